The molecule has 0 saturated heterocycles. The third kappa shape index (κ3) is 1.45. The fourth-order valence-corrected chi connectivity index (χ4v) is 1.30. The van der Waals surface area contributed by atoms with Crippen molar-refractivity contribution in [2.24, 2.45) is 11.3 Å². The Morgan fingerprint density at radius 1 is 1.56 bits per heavy atom. The van der Waals surface area contributed by atoms with Crippen LogP contribution in [0.2, 0.25) is 0 Å². The molecule has 0 aromatic carbocycles. The zero-order valence-corrected chi connectivity index (χ0v) is 6.44. The van der Waals surface area contributed by atoms with Crippen molar-refractivity contribution in [2.75, 3.05) is 6.61 Å². The van der Waals surface area contributed by atoms with E-state index in [4.69, 9.17) is 5.11 Å². The van der Waals surface area contributed by atoms with Gasteiger partial charge in [-0.1, -0.05) is 20.8 Å². The summed E-state index contributed by atoms with van der Waals surface area (Å²) in [7, 11) is 0. The summed E-state index contributed by atoms with van der Waals surface area (Å²) in [5, 5.41) is 8.70. The molecule has 0 heterocycles. The van der Waals surface area contributed by atoms with E-state index in [2.05, 4.69) is 20.8 Å². The van der Waals surface area contributed by atoms with Crippen molar-refractivity contribution in [3.8, 4) is 0 Å². The normalized spacial score (nSPS) is 28.7. The van der Waals surface area contributed by atoms with Gasteiger partial charge in [0.1, 0.15) is 0 Å². The van der Waals surface area contributed by atoms with Crippen LogP contribution < -0.4 is 0 Å². The van der Waals surface area contributed by atoms with Crippen molar-refractivity contribution >= 4 is 0 Å². The molecule has 0 spiro atoms. The molecule has 1 aliphatic rings. The van der Waals surface area contributed by atoms with E-state index in [1.807, 2.05) is 0 Å². The summed E-state index contributed by atoms with van der Waals surface area (Å²) in [4.78, 5) is 0. The smallest absolute Gasteiger partial charge is 0.0496 e. The molecule has 1 radical (unpaired) electrons. The Kier molecular flexibility index (Phi) is 1.55. The highest BCUT2D eigenvalue weighted by Crippen LogP contribution is 2.51. The maximum atomic E-state index is 8.70. The Hall–Kier alpha value is -0.0400. The molecule has 1 atom stereocenters. The quantitative estimate of drug-likeness (QED) is 0.567. The SMILES string of the molecule is CC(C)(C)C1C[C]1CO. The van der Waals surface area contributed by atoms with Gasteiger partial charge in [-0.25, -0.2) is 0 Å². The summed E-state index contributed by atoms with van der Waals surface area (Å²) in [6.07, 6.45) is 1.15. The first-order valence-electron chi connectivity index (χ1n) is 3.51. The molecule has 0 aromatic rings. The minimum absolute atomic E-state index is 0.307. The van der Waals surface area contributed by atoms with E-state index in [1.165, 1.54) is 5.92 Å². The second-order valence-corrected chi connectivity index (χ2v) is 3.94. The zero-order chi connectivity index (χ0) is 7.07. The first-order chi connectivity index (χ1) is 4.05. The third-order valence-electron chi connectivity index (χ3n) is 2.05. The number of rotatable bonds is 1. The van der Waals surface area contributed by atoms with Crippen molar-refractivity contribution < 1.29 is 5.11 Å². The minimum Gasteiger partial charge on any atom is -0.396 e. The van der Waals surface area contributed by atoms with Crippen LogP contribution in [0.4, 0.5) is 0 Å². The highest BCUT2D eigenvalue weighted by Gasteiger charge is 2.44. The van der Waals surface area contributed by atoms with E-state index in [0.717, 1.165) is 6.42 Å². The molecule has 53 valence electrons. The van der Waals surface area contributed by atoms with Crippen molar-refractivity contribution in [1.29, 1.82) is 0 Å². The minimum atomic E-state index is 0.307. The molecule has 1 saturated carbocycles. The van der Waals surface area contributed by atoms with Crippen LogP contribution in [-0.2, 0) is 0 Å². The topological polar surface area (TPSA) is 20.2 Å². The average Bonchev–Trinajstić information content (AvgIpc) is 2.39. The van der Waals surface area contributed by atoms with Gasteiger partial charge < -0.3 is 5.11 Å². The van der Waals surface area contributed by atoms with Crippen LogP contribution in [0.3, 0.4) is 0 Å². The predicted molar refractivity (Wildman–Crippen MR) is 37.9 cm³/mol. The number of hydrogen-bond acceptors (Lipinski definition) is 1. The van der Waals surface area contributed by atoms with Crippen molar-refractivity contribution in [3.05, 3.63) is 5.92 Å². The summed E-state index contributed by atoms with van der Waals surface area (Å²) in [6.45, 7) is 6.98. The standard InChI is InChI=1S/C8H15O/c1-8(2,3)7-4-6(7)5-9/h7,9H,4-5H2,1-3H3. The summed E-state index contributed by atoms with van der Waals surface area (Å²) in [5.74, 6) is 2.03. The second-order valence-electron chi connectivity index (χ2n) is 3.94. The Bertz CT molecular complexity index is 102. The Labute approximate surface area is 57.1 Å². The van der Waals surface area contributed by atoms with Crippen molar-refractivity contribution in [2.45, 2.75) is 27.2 Å². The molecule has 9 heavy (non-hydrogen) atoms. The zero-order valence-electron chi connectivity index (χ0n) is 6.44. The van der Waals surface area contributed by atoms with Crippen LogP contribution in [0.15, 0.2) is 0 Å². The van der Waals surface area contributed by atoms with E-state index in [-0.39, 0.29) is 0 Å². The lowest BCUT2D eigenvalue weighted by Gasteiger charge is -2.17. The van der Waals surface area contributed by atoms with Gasteiger partial charge in [0, 0.05) is 12.5 Å². The van der Waals surface area contributed by atoms with Crippen molar-refractivity contribution in [3.63, 3.8) is 0 Å². The summed E-state index contributed by atoms with van der Waals surface area (Å²) in [5.41, 5.74) is 0.387. The van der Waals surface area contributed by atoms with Crippen LogP contribution in [0.25, 0.3) is 0 Å². The lowest BCUT2D eigenvalue weighted by atomic mass is 9.89. The van der Waals surface area contributed by atoms with Gasteiger partial charge in [-0.15, -0.1) is 0 Å². The molecular formula is C8H15O. The average molecular weight is 127 g/mol. The molecule has 0 aromatic heterocycles. The van der Waals surface area contributed by atoms with Crippen LogP contribution in [-0.4, -0.2) is 11.7 Å². The summed E-state index contributed by atoms with van der Waals surface area (Å²) < 4.78 is 0. The highest BCUT2D eigenvalue weighted by atomic mass is 16.3. The van der Waals surface area contributed by atoms with Crippen LogP contribution in [0.5, 0.6) is 0 Å². The largest absolute Gasteiger partial charge is 0.396 e. The summed E-state index contributed by atoms with van der Waals surface area (Å²) >= 11 is 0. The van der Waals surface area contributed by atoms with Gasteiger partial charge >= 0.3 is 0 Å². The molecule has 1 nitrogen and oxygen atoms in total. The summed E-state index contributed by atoms with van der Waals surface area (Å²) in [6, 6.07) is 0. The number of hydrogen-bond donors (Lipinski definition) is 1. The van der Waals surface area contributed by atoms with Gasteiger partial charge in [0.05, 0.1) is 0 Å². The fourth-order valence-electron chi connectivity index (χ4n) is 1.30. The van der Waals surface area contributed by atoms with E-state index >= 15 is 0 Å². The molecule has 1 fully saturated rings. The van der Waals surface area contributed by atoms with Crippen LogP contribution in [0, 0.1) is 17.3 Å². The monoisotopic (exact) mass is 127 g/mol. The lowest BCUT2D eigenvalue weighted by molar-refractivity contribution is 0.295. The van der Waals surface area contributed by atoms with Gasteiger partial charge in [-0.2, -0.15) is 0 Å². The van der Waals surface area contributed by atoms with E-state index in [0.29, 0.717) is 17.9 Å². The van der Waals surface area contributed by atoms with Crippen LogP contribution in [0.1, 0.15) is 27.2 Å². The molecule has 1 aliphatic carbocycles. The van der Waals surface area contributed by atoms with E-state index in [1.54, 1.807) is 0 Å². The Balaban J connectivity index is 2.33. The fraction of sp³-hybridized carbons (Fsp3) is 0.875. The molecule has 1 rings (SSSR count). The van der Waals surface area contributed by atoms with Crippen molar-refractivity contribution in [1.82, 2.24) is 0 Å². The first-order valence-corrected chi connectivity index (χ1v) is 3.51. The first kappa shape index (κ1) is 7.07. The predicted octanol–water partition coefficient (Wildman–Crippen LogP) is 1.62. The Morgan fingerprint density at radius 3 is 2.22 bits per heavy atom. The molecule has 0 aliphatic heterocycles. The highest BCUT2D eigenvalue weighted by molar-refractivity contribution is 5.17. The molecular weight excluding hydrogens is 112 g/mol. The van der Waals surface area contributed by atoms with Gasteiger partial charge in [0.25, 0.3) is 0 Å². The molecule has 1 heteroatoms. The molecule has 1 N–H and O–H groups in total. The number of aliphatic hydroxyl groups excluding tert-OH is 1. The molecule has 1 unspecified atom stereocenters. The lowest BCUT2D eigenvalue weighted by Crippen LogP contribution is -2.09. The van der Waals surface area contributed by atoms with E-state index in [9.17, 15) is 0 Å². The Morgan fingerprint density at radius 2 is 2.11 bits per heavy atom. The number of aliphatic hydroxyl groups is 1. The molecule has 0 amide bonds. The van der Waals surface area contributed by atoms with Gasteiger partial charge in [-0.3, -0.25) is 0 Å². The van der Waals surface area contributed by atoms with Crippen LogP contribution >= 0.6 is 0 Å². The van der Waals surface area contributed by atoms with E-state index < -0.39 is 0 Å². The van der Waals surface area contributed by atoms with Gasteiger partial charge in [0.2, 0.25) is 0 Å². The van der Waals surface area contributed by atoms with Gasteiger partial charge in [0.15, 0.2) is 0 Å². The maximum Gasteiger partial charge on any atom is 0.0496 e. The third-order valence-corrected chi connectivity index (χ3v) is 2.05. The second kappa shape index (κ2) is 1.98. The maximum absolute atomic E-state index is 8.70. The van der Waals surface area contributed by atoms with Gasteiger partial charge in [-0.05, 0) is 17.8 Å². The molecule has 0 bridgehead atoms.